The number of aromatic amines is 1. The van der Waals surface area contributed by atoms with Crippen molar-refractivity contribution in [3.8, 4) is 11.3 Å². The van der Waals surface area contributed by atoms with Gasteiger partial charge < -0.3 is 15.2 Å². The van der Waals surface area contributed by atoms with Crippen molar-refractivity contribution >= 4 is 39.2 Å². The van der Waals surface area contributed by atoms with Gasteiger partial charge in [0, 0.05) is 47.2 Å². The fourth-order valence-corrected chi connectivity index (χ4v) is 4.45. The smallest absolute Gasteiger partial charge is 0.231 e. The number of thiazole rings is 1. The zero-order chi connectivity index (χ0) is 20.5. The average molecular weight is 417 g/mol. The summed E-state index contributed by atoms with van der Waals surface area (Å²) in [5, 5.41) is 6.44. The van der Waals surface area contributed by atoms with E-state index >= 15 is 0 Å². The summed E-state index contributed by atoms with van der Waals surface area (Å²) in [6, 6.07) is 13.6. The van der Waals surface area contributed by atoms with E-state index in [9.17, 15) is 9.59 Å². The SMILES string of the molecule is O=C(Nc1nc(-c2c[nH]c3ccccc23)cs1)C1CC(=O)N(Cc2ccccn2)C1. The van der Waals surface area contributed by atoms with Crippen molar-refractivity contribution < 1.29 is 9.59 Å². The number of rotatable bonds is 5. The minimum Gasteiger partial charge on any atom is -0.360 e. The van der Waals surface area contributed by atoms with Crippen molar-refractivity contribution in [2.75, 3.05) is 11.9 Å². The van der Waals surface area contributed by atoms with Gasteiger partial charge in [-0.15, -0.1) is 11.3 Å². The van der Waals surface area contributed by atoms with Crippen LogP contribution in [0.1, 0.15) is 12.1 Å². The van der Waals surface area contributed by atoms with Gasteiger partial charge in [0.2, 0.25) is 11.8 Å². The number of benzene rings is 1. The predicted molar refractivity (Wildman–Crippen MR) is 116 cm³/mol. The van der Waals surface area contributed by atoms with Gasteiger partial charge in [-0.3, -0.25) is 14.6 Å². The van der Waals surface area contributed by atoms with Crippen LogP contribution in [0.3, 0.4) is 0 Å². The zero-order valence-electron chi connectivity index (χ0n) is 16.0. The number of hydrogen-bond donors (Lipinski definition) is 2. The first kappa shape index (κ1) is 18.5. The van der Waals surface area contributed by atoms with Crippen LogP contribution in [0.4, 0.5) is 5.13 Å². The number of nitrogens with one attached hydrogen (secondary N) is 2. The number of nitrogens with zero attached hydrogens (tertiary/aromatic N) is 3. The van der Waals surface area contributed by atoms with Crippen molar-refractivity contribution in [3.05, 3.63) is 65.9 Å². The van der Waals surface area contributed by atoms with E-state index in [2.05, 4.69) is 20.3 Å². The van der Waals surface area contributed by atoms with Crippen LogP contribution in [0, 0.1) is 5.92 Å². The molecule has 0 saturated carbocycles. The van der Waals surface area contributed by atoms with Gasteiger partial charge in [-0.05, 0) is 18.2 Å². The lowest BCUT2D eigenvalue weighted by Crippen LogP contribution is -2.28. The number of likely N-dealkylation sites (tertiary alicyclic amines) is 1. The van der Waals surface area contributed by atoms with E-state index in [1.807, 2.05) is 54.0 Å². The highest BCUT2D eigenvalue weighted by Gasteiger charge is 2.34. The Bertz CT molecular complexity index is 1220. The minimum atomic E-state index is -0.387. The molecule has 4 aromatic rings. The Morgan fingerprint density at radius 1 is 1.23 bits per heavy atom. The summed E-state index contributed by atoms with van der Waals surface area (Å²) in [6.07, 6.45) is 3.84. The predicted octanol–water partition coefficient (Wildman–Crippen LogP) is 3.67. The van der Waals surface area contributed by atoms with Crippen LogP contribution in [-0.4, -0.2) is 38.2 Å². The molecule has 0 aliphatic carbocycles. The number of hydrogen-bond acceptors (Lipinski definition) is 5. The average Bonchev–Trinajstić information content (AvgIpc) is 3.48. The second-order valence-corrected chi connectivity index (χ2v) is 8.13. The van der Waals surface area contributed by atoms with Crippen molar-refractivity contribution in [1.29, 1.82) is 0 Å². The second-order valence-electron chi connectivity index (χ2n) is 7.27. The van der Waals surface area contributed by atoms with Crippen LogP contribution in [0.5, 0.6) is 0 Å². The molecule has 1 fully saturated rings. The van der Waals surface area contributed by atoms with Gasteiger partial charge >= 0.3 is 0 Å². The maximum absolute atomic E-state index is 12.7. The van der Waals surface area contributed by atoms with Gasteiger partial charge in [0.05, 0.1) is 23.9 Å². The normalized spacial score (nSPS) is 16.3. The van der Waals surface area contributed by atoms with Crippen LogP contribution in [0.25, 0.3) is 22.2 Å². The molecule has 1 unspecified atom stereocenters. The second kappa shape index (κ2) is 7.72. The lowest BCUT2D eigenvalue weighted by atomic mass is 10.1. The molecule has 3 aromatic heterocycles. The van der Waals surface area contributed by atoms with E-state index in [-0.39, 0.29) is 24.2 Å². The van der Waals surface area contributed by atoms with Crippen LogP contribution < -0.4 is 5.32 Å². The van der Waals surface area contributed by atoms with E-state index in [0.29, 0.717) is 18.2 Å². The molecule has 5 rings (SSSR count). The molecule has 2 amide bonds. The molecule has 2 N–H and O–H groups in total. The summed E-state index contributed by atoms with van der Waals surface area (Å²) in [7, 11) is 0. The maximum Gasteiger partial charge on any atom is 0.231 e. The highest BCUT2D eigenvalue weighted by atomic mass is 32.1. The standard InChI is InChI=1S/C22H19N5O2S/c28-20-9-14(11-27(20)12-15-5-3-4-8-23-15)21(29)26-22-25-19(13-30-22)17-10-24-18-7-2-1-6-16(17)18/h1-8,10,13-14,24H,9,11-12H2,(H,25,26,29). The van der Waals surface area contributed by atoms with E-state index in [0.717, 1.165) is 27.9 Å². The fourth-order valence-electron chi connectivity index (χ4n) is 3.73. The number of amides is 2. The third-order valence-electron chi connectivity index (χ3n) is 5.26. The monoisotopic (exact) mass is 417 g/mol. The highest BCUT2D eigenvalue weighted by molar-refractivity contribution is 7.14. The molecule has 1 atom stereocenters. The number of anilines is 1. The molecule has 0 spiro atoms. The van der Waals surface area contributed by atoms with Gasteiger partial charge in [0.15, 0.2) is 5.13 Å². The van der Waals surface area contributed by atoms with E-state index in [4.69, 9.17) is 0 Å². The van der Waals surface area contributed by atoms with Crippen molar-refractivity contribution in [2.24, 2.45) is 5.92 Å². The van der Waals surface area contributed by atoms with E-state index in [1.165, 1.54) is 11.3 Å². The molecule has 1 saturated heterocycles. The third-order valence-corrected chi connectivity index (χ3v) is 6.02. The van der Waals surface area contributed by atoms with Crippen molar-refractivity contribution in [3.63, 3.8) is 0 Å². The van der Waals surface area contributed by atoms with Gasteiger partial charge in [-0.2, -0.15) is 0 Å². The van der Waals surface area contributed by atoms with Crippen LogP contribution in [-0.2, 0) is 16.1 Å². The Morgan fingerprint density at radius 2 is 2.10 bits per heavy atom. The lowest BCUT2D eigenvalue weighted by molar-refractivity contribution is -0.128. The highest BCUT2D eigenvalue weighted by Crippen LogP contribution is 2.31. The molecule has 1 aliphatic rings. The van der Waals surface area contributed by atoms with Crippen molar-refractivity contribution in [1.82, 2.24) is 19.9 Å². The number of carbonyl (C=O) groups is 2. The topological polar surface area (TPSA) is 91.0 Å². The third kappa shape index (κ3) is 3.57. The summed E-state index contributed by atoms with van der Waals surface area (Å²) in [5.74, 6) is -0.590. The first-order valence-electron chi connectivity index (χ1n) is 9.68. The molecule has 0 radical (unpaired) electrons. The van der Waals surface area contributed by atoms with E-state index in [1.54, 1.807) is 11.1 Å². The molecular weight excluding hydrogens is 398 g/mol. The maximum atomic E-state index is 12.7. The number of H-pyrrole nitrogens is 1. The van der Waals surface area contributed by atoms with Crippen molar-refractivity contribution in [2.45, 2.75) is 13.0 Å². The van der Waals surface area contributed by atoms with Crippen LogP contribution in [0.15, 0.2) is 60.2 Å². The Morgan fingerprint density at radius 3 is 2.97 bits per heavy atom. The first-order chi connectivity index (χ1) is 14.7. The summed E-state index contributed by atoms with van der Waals surface area (Å²) >= 11 is 1.38. The molecule has 150 valence electrons. The molecule has 7 nitrogen and oxygen atoms in total. The first-order valence-corrected chi connectivity index (χ1v) is 10.6. The Kier molecular flexibility index (Phi) is 4.76. The number of carbonyl (C=O) groups excluding carboxylic acids is 2. The number of fused-ring (bicyclic) bond motifs is 1. The molecule has 4 heterocycles. The summed E-state index contributed by atoms with van der Waals surface area (Å²) in [4.78, 5) is 38.8. The molecule has 1 aliphatic heterocycles. The Balaban J connectivity index is 1.26. The summed E-state index contributed by atoms with van der Waals surface area (Å²) in [6.45, 7) is 0.813. The molecule has 0 bridgehead atoms. The Hall–Kier alpha value is -3.52. The van der Waals surface area contributed by atoms with E-state index < -0.39 is 0 Å². The number of para-hydroxylation sites is 1. The van der Waals surface area contributed by atoms with Crippen LogP contribution >= 0.6 is 11.3 Å². The molecule has 1 aromatic carbocycles. The number of aromatic nitrogens is 3. The van der Waals surface area contributed by atoms with Crippen LogP contribution in [0.2, 0.25) is 0 Å². The van der Waals surface area contributed by atoms with Gasteiger partial charge in [0.25, 0.3) is 0 Å². The quantitative estimate of drug-likeness (QED) is 0.518. The van der Waals surface area contributed by atoms with Gasteiger partial charge in [0.1, 0.15) is 0 Å². The Labute approximate surface area is 176 Å². The summed E-state index contributed by atoms with van der Waals surface area (Å²) in [5.41, 5.74) is 3.67. The zero-order valence-corrected chi connectivity index (χ0v) is 16.9. The lowest BCUT2D eigenvalue weighted by Gasteiger charge is -2.15. The van der Waals surface area contributed by atoms with Gasteiger partial charge in [-0.1, -0.05) is 24.3 Å². The molecule has 30 heavy (non-hydrogen) atoms. The number of pyridine rings is 1. The fraction of sp³-hybridized carbons (Fsp3) is 0.182. The molecular formula is C22H19N5O2S. The summed E-state index contributed by atoms with van der Waals surface area (Å²) < 4.78 is 0. The largest absolute Gasteiger partial charge is 0.360 e. The van der Waals surface area contributed by atoms with Gasteiger partial charge in [-0.25, -0.2) is 4.98 Å². The molecule has 8 heteroatoms. The minimum absolute atomic E-state index is 0.0283.